The maximum absolute atomic E-state index is 9.12. The minimum atomic E-state index is 0.116. The summed E-state index contributed by atoms with van der Waals surface area (Å²) in [5.41, 5.74) is 0. The van der Waals surface area contributed by atoms with Gasteiger partial charge in [0.05, 0.1) is 0 Å². The Morgan fingerprint density at radius 1 is 1.25 bits per heavy atom. The van der Waals surface area contributed by atoms with Crippen LogP contribution in [0.5, 0.6) is 0 Å². The molecule has 1 fully saturated rings. The SMILES string of the molecule is CC(C)C(CCO)Nc1nc(Cl)nc(N2CCCC2)n1. The molecule has 1 aliphatic rings. The van der Waals surface area contributed by atoms with Crippen LogP contribution in [0.2, 0.25) is 5.28 Å². The molecule has 1 aromatic rings. The number of rotatable bonds is 6. The normalized spacial score (nSPS) is 16.8. The zero-order chi connectivity index (χ0) is 14.5. The standard InChI is InChI=1S/C13H22ClN5O/c1-9(2)10(5-8-20)15-12-16-11(14)17-13(18-12)19-6-3-4-7-19/h9-10,20H,3-8H2,1-2H3,(H,15,16,17,18). The summed E-state index contributed by atoms with van der Waals surface area (Å²) in [6.45, 7) is 6.25. The lowest BCUT2D eigenvalue weighted by molar-refractivity contribution is 0.267. The van der Waals surface area contributed by atoms with Crippen LogP contribution < -0.4 is 10.2 Å². The number of halogens is 1. The molecule has 1 aromatic heterocycles. The Labute approximate surface area is 124 Å². The first kappa shape index (κ1) is 15.3. The third kappa shape index (κ3) is 3.93. The van der Waals surface area contributed by atoms with Gasteiger partial charge in [-0.25, -0.2) is 0 Å². The van der Waals surface area contributed by atoms with E-state index in [4.69, 9.17) is 16.7 Å². The van der Waals surface area contributed by atoms with E-state index < -0.39 is 0 Å². The number of nitrogens with one attached hydrogen (secondary N) is 1. The van der Waals surface area contributed by atoms with Crippen molar-refractivity contribution in [1.82, 2.24) is 15.0 Å². The van der Waals surface area contributed by atoms with Crippen LogP contribution in [0, 0.1) is 5.92 Å². The third-order valence-electron chi connectivity index (χ3n) is 3.54. The molecule has 0 aliphatic carbocycles. The number of aromatic nitrogens is 3. The number of hydrogen-bond donors (Lipinski definition) is 2. The molecule has 6 nitrogen and oxygen atoms in total. The minimum Gasteiger partial charge on any atom is -0.396 e. The van der Waals surface area contributed by atoms with Gasteiger partial charge in [0.25, 0.3) is 0 Å². The van der Waals surface area contributed by atoms with Crippen LogP contribution >= 0.6 is 11.6 Å². The lowest BCUT2D eigenvalue weighted by Gasteiger charge is -2.22. The lowest BCUT2D eigenvalue weighted by Crippen LogP contribution is -2.29. The molecule has 20 heavy (non-hydrogen) atoms. The van der Waals surface area contributed by atoms with Crippen molar-refractivity contribution < 1.29 is 5.11 Å². The Morgan fingerprint density at radius 2 is 1.95 bits per heavy atom. The molecule has 1 unspecified atom stereocenters. The predicted molar refractivity (Wildman–Crippen MR) is 80.2 cm³/mol. The molecular weight excluding hydrogens is 278 g/mol. The van der Waals surface area contributed by atoms with Gasteiger partial charge in [0.1, 0.15) is 0 Å². The van der Waals surface area contributed by atoms with Crippen LogP contribution in [0.1, 0.15) is 33.1 Å². The van der Waals surface area contributed by atoms with E-state index in [1.54, 1.807) is 0 Å². The summed E-state index contributed by atoms with van der Waals surface area (Å²) >= 11 is 5.99. The van der Waals surface area contributed by atoms with Gasteiger partial charge in [-0.1, -0.05) is 13.8 Å². The molecule has 0 amide bonds. The highest BCUT2D eigenvalue weighted by Gasteiger charge is 2.19. The molecular formula is C13H22ClN5O. The Balaban J connectivity index is 2.14. The second-order valence-electron chi connectivity index (χ2n) is 5.43. The van der Waals surface area contributed by atoms with Gasteiger partial charge < -0.3 is 15.3 Å². The summed E-state index contributed by atoms with van der Waals surface area (Å²) in [6, 6.07) is 0.116. The summed E-state index contributed by atoms with van der Waals surface area (Å²) in [4.78, 5) is 14.9. The molecule has 7 heteroatoms. The molecule has 1 aliphatic heterocycles. The van der Waals surface area contributed by atoms with Crippen molar-refractivity contribution in [1.29, 1.82) is 0 Å². The highest BCUT2D eigenvalue weighted by atomic mass is 35.5. The van der Waals surface area contributed by atoms with Crippen LogP contribution in [0.25, 0.3) is 0 Å². The summed E-state index contributed by atoms with van der Waals surface area (Å²) in [7, 11) is 0. The van der Waals surface area contributed by atoms with E-state index in [1.807, 2.05) is 0 Å². The maximum atomic E-state index is 9.12. The smallest absolute Gasteiger partial charge is 0.231 e. The quantitative estimate of drug-likeness (QED) is 0.836. The van der Waals surface area contributed by atoms with Crippen LogP contribution in [-0.4, -0.2) is 45.8 Å². The molecule has 0 spiro atoms. The van der Waals surface area contributed by atoms with Gasteiger partial charge in [0, 0.05) is 25.7 Å². The molecule has 0 bridgehead atoms. The molecule has 2 N–H and O–H groups in total. The Morgan fingerprint density at radius 3 is 2.55 bits per heavy atom. The Bertz CT molecular complexity index is 437. The highest BCUT2D eigenvalue weighted by Crippen LogP contribution is 2.20. The van der Waals surface area contributed by atoms with Gasteiger partial charge in [0.2, 0.25) is 17.2 Å². The zero-order valence-corrected chi connectivity index (χ0v) is 12.8. The summed E-state index contributed by atoms with van der Waals surface area (Å²) < 4.78 is 0. The van der Waals surface area contributed by atoms with E-state index in [9.17, 15) is 0 Å². The van der Waals surface area contributed by atoms with Crippen molar-refractivity contribution in [3.05, 3.63) is 5.28 Å². The van der Waals surface area contributed by atoms with E-state index in [1.165, 1.54) is 0 Å². The van der Waals surface area contributed by atoms with E-state index in [-0.39, 0.29) is 17.9 Å². The lowest BCUT2D eigenvalue weighted by atomic mass is 10.0. The fourth-order valence-corrected chi connectivity index (χ4v) is 2.50. The largest absolute Gasteiger partial charge is 0.396 e. The molecule has 2 heterocycles. The number of aliphatic hydroxyl groups excluding tert-OH is 1. The molecule has 112 valence electrons. The van der Waals surface area contributed by atoms with Crippen molar-refractivity contribution in [2.75, 3.05) is 29.9 Å². The monoisotopic (exact) mass is 299 g/mol. The average Bonchev–Trinajstić information content (AvgIpc) is 2.91. The van der Waals surface area contributed by atoms with Crippen LogP contribution in [0.3, 0.4) is 0 Å². The molecule has 2 rings (SSSR count). The third-order valence-corrected chi connectivity index (χ3v) is 3.71. The highest BCUT2D eigenvalue weighted by molar-refractivity contribution is 6.28. The molecule has 0 saturated carbocycles. The second-order valence-corrected chi connectivity index (χ2v) is 5.77. The van der Waals surface area contributed by atoms with E-state index >= 15 is 0 Å². The zero-order valence-electron chi connectivity index (χ0n) is 12.0. The van der Waals surface area contributed by atoms with Crippen LogP contribution in [0.15, 0.2) is 0 Å². The van der Waals surface area contributed by atoms with Crippen LogP contribution in [-0.2, 0) is 0 Å². The van der Waals surface area contributed by atoms with Gasteiger partial charge in [-0.2, -0.15) is 15.0 Å². The minimum absolute atomic E-state index is 0.116. The van der Waals surface area contributed by atoms with Gasteiger partial charge in [0.15, 0.2) is 0 Å². The van der Waals surface area contributed by atoms with E-state index in [0.29, 0.717) is 24.2 Å². The Kier molecular flexibility index (Phi) is 5.37. The van der Waals surface area contributed by atoms with Gasteiger partial charge in [-0.15, -0.1) is 0 Å². The van der Waals surface area contributed by atoms with Crippen molar-refractivity contribution >= 4 is 23.5 Å². The summed E-state index contributed by atoms with van der Waals surface area (Å²) in [6.07, 6.45) is 2.97. The average molecular weight is 300 g/mol. The maximum Gasteiger partial charge on any atom is 0.231 e. The van der Waals surface area contributed by atoms with E-state index in [0.717, 1.165) is 25.9 Å². The number of aliphatic hydroxyl groups is 1. The van der Waals surface area contributed by atoms with E-state index in [2.05, 4.69) is 39.0 Å². The number of nitrogens with zero attached hydrogens (tertiary/aromatic N) is 4. The van der Waals surface area contributed by atoms with Crippen molar-refractivity contribution in [2.24, 2.45) is 5.92 Å². The second kappa shape index (κ2) is 7.04. The van der Waals surface area contributed by atoms with Crippen LogP contribution in [0.4, 0.5) is 11.9 Å². The molecule has 0 aromatic carbocycles. The number of hydrogen-bond acceptors (Lipinski definition) is 6. The topological polar surface area (TPSA) is 74.2 Å². The van der Waals surface area contributed by atoms with Crippen molar-refractivity contribution in [3.8, 4) is 0 Å². The first-order valence-electron chi connectivity index (χ1n) is 7.14. The first-order valence-corrected chi connectivity index (χ1v) is 7.52. The van der Waals surface area contributed by atoms with Gasteiger partial charge >= 0.3 is 0 Å². The molecule has 1 atom stereocenters. The summed E-state index contributed by atoms with van der Waals surface area (Å²) in [5.74, 6) is 1.49. The molecule has 1 saturated heterocycles. The van der Waals surface area contributed by atoms with Gasteiger partial charge in [-0.05, 0) is 36.8 Å². The van der Waals surface area contributed by atoms with Crippen molar-refractivity contribution in [2.45, 2.75) is 39.2 Å². The number of anilines is 2. The fraction of sp³-hybridized carbons (Fsp3) is 0.769. The fourth-order valence-electron chi connectivity index (χ4n) is 2.34. The van der Waals surface area contributed by atoms with Gasteiger partial charge in [-0.3, -0.25) is 0 Å². The molecule has 0 radical (unpaired) electrons. The predicted octanol–water partition coefficient (Wildman–Crippen LogP) is 1.94. The Hall–Kier alpha value is -1.14. The van der Waals surface area contributed by atoms with Crippen molar-refractivity contribution in [3.63, 3.8) is 0 Å². The first-order chi connectivity index (χ1) is 9.60. The summed E-state index contributed by atoms with van der Waals surface area (Å²) in [5, 5.41) is 12.6.